The summed E-state index contributed by atoms with van der Waals surface area (Å²) in [7, 11) is 0. The zero-order valence-corrected chi connectivity index (χ0v) is 17.1. The molecule has 0 radical (unpaired) electrons. The van der Waals surface area contributed by atoms with Crippen LogP contribution in [0.4, 0.5) is 4.39 Å². The van der Waals surface area contributed by atoms with Crippen LogP contribution in [0.3, 0.4) is 0 Å². The zero-order valence-electron chi connectivity index (χ0n) is 17.1. The number of rotatable bonds is 8. The Kier molecular flexibility index (Phi) is 7.73. The zero-order chi connectivity index (χ0) is 20.7. The van der Waals surface area contributed by atoms with Crippen molar-refractivity contribution in [3.63, 3.8) is 0 Å². The number of aryl methyl sites for hydroxylation is 2. The van der Waals surface area contributed by atoms with Crippen LogP contribution >= 0.6 is 0 Å². The standard InChI is InChI=1S/C23H29FN2O2/c1-5-10-25-23(28)18(4)26(15-19-6-8-21(24)9-7-19)22(27)14-20-12-16(2)11-17(3)13-20/h6-9,11-13,18H,5,10,14-15H2,1-4H3,(H,25,28)/t18-/m1/s1. The Bertz CT molecular complexity index is 798. The largest absolute Gasteiger partial charge is 0.354 e. The third kappa shape index (κ3) is 6.19. The van der Waals surface area contributed by atoms with Crippen LogP contribution < -0.4 is 5.32 Å². The summed E-state index contributed by atoms with van der Waals surface area (Å²) >= 11 is 0. The third-order valence-electron chi connectivity index (χ3n) is 4.62. The highest BCUT2D eigenvalue weighted by Crippen LogP contribution is 2.15. The number of carbonyl (C=O) groups is 2. The van der Waals surface area contributed by atoms with Gasteiger partial charge >= 0.3 is 0 Å². The number of carbonyl (C=O) groups excluding carboxylic acids is 2. The third-order valence-corrected chi connectivity index (χ3v) is 4.62. The number of hydrogen-bond acceptors (Lipinski definition) is 2. The number of hydrogen-bond donors (Lipinski definition) is 1. The van der Waals surface area contributed by atoms with Crippen LogP contribution in [0.15, 0.2) is 42.5 Å². The van der Waals surface area contributed by atoms with E-state index in [4.69, 9.17) is 0 Å². The number of benzene rings is 2. The Hall–Kier alpha value is -2.69. The smallest absolute Gasteiger partial charge is 0.242 e. The number of amides is 2. The van der Waals surface area contributed by atoms with Crippen molar-refractivity contribution >= 4 is 11.8 Å². The SMILES string of the molecule is CCCNC(=O)[C@@H](C)N(Cc1ccc(F)cc1)C(=O)Cc1cc(C)cc(C)c1. The van der Waals surface area contributed by atoms with Gasteiger partial charge in [0, 0.05) is 13.1 Å². The van der Waals surface area contributed by atoms with Crippen molar-refractivity contribution in [2.75, 3.05) is 6.54 Å². The van der Waals surface area contributed by atoms with E-state index < -0.39 is 6.04 Å². The molecule has 4 nitrogen and oxygen atoms in total. The molecule has 0 heterocycles. The van der Waals surface area contributed by atoms with Crippen molar-refractivity contribution in [3.05, 3.63) is 70.5 Å². The second kappa shape index (κ2) is 10.0. The molecule has 1 N–H and O–H groups in total. The fourth-order valence-electron chi connectivity index (χ4n) is 3.21. The minimum Gasteiger partial charge on any atom is -0.354 e. The first-order valence-corrected chi connectivity index (χ1v) is 9.69. The Morgan fingerprint density at radius 2 is 1.64 bits per heavy atom. The molecule has 0 aliphatic heterocycles. The molecule has 0 saturated carbocycles. The van der Waals surface area contributed by atoms with E-state index in [0.29, 0.717) is 6.54 Å². The number of nitrogens with one attached hydrogen (secondary N) is 1. The molecule has 0 spiro atoms. The van der Waals surface area contributed by atoms with E-state index in [9.17, 15) is 14.0 Å². The van der Waals surface area contributed by atoms with Crippen LogP contribution in [0.1, 0.15) is 42.5 Å². The summed E-state index contributed by atoms with van der Waals surface area (Å²) < 4.78 is 13.2. The minimum absolute atomic E-state index is 0.131. The van der Waals surface area contributed by atoms with Crippen molar-refractivity contribution in [1.29, 1.82) is 0 Å². The molecule has 0 bridgehead atoms. The lowest BCUT2D eigenvalue weighted by atomic mass is 10.0. The molecule has 0 fully saturated rings. The summed E-state index contributed by atoms with van der Waals surface area (Å²) in [5.74, 6) is -0.642. The average Bonchev–Trinajstić information content (AvgIpc) is 2.64. The lowest BCUT2D eigenvalue weighted by Gasteiger charge is -2.29. The van der Waals surface area contributed by atoms with E-state index in [1.807, 2.05) is 32.9 Å². The molecule has 28 heavy (non-hydrogen) atoms. The Labute approximate surface area is 166 Å². The number of halogens is 1. The van der Waals surface area contributed by atoms with Gasteiger partial charge in [-0.15, -0.1) is 0 Å². The molecule has 150 valence electrons. The van der Waals surface area contributed by atoms with Crippen molar-refractivity contribution in [3.8, 4) is 0 Å². The second-order valence-corrected chi connectivity index (χ2v) is 7.29. The van der Waals surface area contributed by atoms with Crippen LogP contribution in [0.2, 0.25) is 0 Å². The maximum absolute atomic E-state index is 13.2. The molecule has 2 amide bonds. The fraction of sp³-hybridized carbons (Fsp3) is 0.391. The van der Waals surface area contributed by atoms with Crippen molar-refractivity contribution < 1.29 is 14.0 Å². The molecule has 5 heteroatoms. The predicted octanol–water partition coefficient (Wildman–Crippen LogP) is 3.93. The molecule has 2 aromatic carbocycles. The quantitative estimate of drug-likeness (QED) is 0.750. The summed E-state index contributed by atoms with van der Waals surface area (Å²) in [6.07, 6.45) is 1.04. The van der Waals surface area contributed by atoms with Gasteiger partial charge in [0.15, 0.2) is 0 Å². The molecule has 0 aliphatic rings. The topological polar surface area (TPSA) is 49.4 Å². The van der Waals surface area contributed by atoms with Gasteiger partial charge in [-0.3, -0.25) is 9.59 Å². The Morgan fingerprint density at radius 3 is 2.21 bits per heavy atom. The monoisotopic (exact) mass is 384 g/mol. The van der Waals surface area contributed by atoms with Crippen molar-refractivity contribution in [2.45, 2.75) is 53.1 Å². The van der Waals surface area contributed by atoms with Gasteiger partial charge in [-0.05, 0) is 50.5 Å². The van der Waals surface area contributed by atoms with Gasteiger partial charge in [0.25, 0.3) is 0 Å². The predicted molar refractivity (Wildman–Crippen MR) is 109 cm³/mol. The molecular formula is C23H29FN2O2. The molecule has 0 saturated heterocycles. The van der Waals surface area contributed by atoms with E-state index >= 15 is 0 Å². The molecular weight excluding hydrogens is 355 g/mol. The summed E-state index contributed by atoms with van der Waals surface area (Å²) in [5, 5.41) is 2.85. The molecule has 0 aromatic heterocycles. The molecule has 2 rings (SSSR count). The Balaban J connectivity index is 2.23. The van der Waals surface area contributed by atoms with Crippen LogP contribution in [0, 0.1) is 19.7 Å². The average molecular weight is 384 g/mol. The first kappa shape index (κ1) is 21.6. The van der Waals surface area contributed by atoms with Gasteiger partial charge in [-0.1, -0.05) is 48.4 Å². The van der Waals surface area contributed by atoms with Crippen LogP contribution in [-0.4, -0.2) is 29.3 Å². The lowest BCUT2D eigenvalue weighted by molar-refractivity contribution is -0.140. The molecule has 0 unspecified atom stereocenters. The fourth-order valence-corrected chi connectivity index (χ4v) is 3.21. The lowest BCUT2D eigenvalue weighted by Crippen LogP contribution is -2.48. The highest BCUT2D eigenvalue weighted by molar-refractivity contribution is 5.88. The normalized spacial score (nSPS) is 11.8. The highest BCUT2D eigenvalue weighted by atomic mass is 19.1. The highest BCUT2D eigenvalue weighted by Gasteiger charge is 2.26. The van der Waals surface area contributed by atoms with E-state index in [1.165, 1.54) is 12.1 Å². The van der Waals surface area contributed by atoms with E-state index in [2.05, 4.69) is 11.4 Å². The van der Waals surface area contributed by atoms with E-state index in [0.717, 1.165) is 28.7 Å². The van der Waals surface area contributed by atoms with Crippen molar-refractivity contribution in [1.82, 2.24) is 10.2 Å². The second-order valence-electron chi connectivity index (χ2n) is 7.29. The van der Waals surface area contributed by atoms with Gasteiger partial charge in [-0.25, -0.2) is 4.39 Å². The first-order chi connectivity index (χ1) is 13.3. The van der Waals surface area contributed by atoms with Crippen LogP contribution in [0.25, 0.3) is 0 Å². The van der Waals surface area contributed by atoms with E-state index in [1.54, 1.807) is 24.0 Å². The van der Waals surface area contributed by atoms with Crippen LogP contribution in [0.5, 0.6) is 0 Å². The van der Waals surface area contributed by atoms with Gasteiger partial charge in [0.1, 0.15) is 11.9 Å². The summed E-state index contributed by atoms with van der Waals surface area (Å²) in [6.45, 7) is 8.53. The van der Waals surface area contributed by atoms with Gasteiger partial charge < -0.3 is 10.2 Å². The van der Waals surface area contributed by atoms with Gasteiger partial charge in [0.2, 0.25) is 11.8 Å². The Morgan fingerprint density at radius 1 is 1.04 bits per heavy atom. The first-order valence-electron chi connectivity index (χ1n) is 9.69. The number of nitrogens with zero attached hydrogens (tertiary/aromatic N) is 1. The molecule has 0 aliphatic carbocycles. The summed E-state index contributed by atoms with van der Waals surface area (Å²) in [6, 6.07) is 11.4. The van der Waals surface area contributed by atoms with E-state index in [-0.39, 0.29) is 30.6 Å². The minimum atomic E-state index is -0.616. The maximum atomic E-state index is 13.2. The molecule has 1 atom stereocenters. The van der Waals surface area contributed by atoms with Gasteiger partial charge in [0.05, 0.1) is 6.42 Å². The summed E-state index contributed by atoms with van der Waals surface area (Å²) in [5.41, 5.74) is 3.90. The summed E-state index contributed by atoms with van der Waals surface area (Å²) in [4.78, 5) is 27.2. The van der Waals surface area contributed by atoms with Crippen molar-refractivity contribution in [2.24, 2.45) is 0 Å². The maximum Gasteiger partial charge on any atom is 0.242 e. The van der Waals surface area contributed by atoms with Gasteiger partial charge in [-0.2, -0.15) is 0 Å². The van der Waals surface area contributed by atoms with Crippen LogP contribution in [-0.2, 0) is 22.6 Å². The molecule has 2 aromatic rings.